The Morgan fingerprint density at radius 2 is 0.800 bits per heavy atom. The maximum Gasteiger partial charge on any atom is 0.240 e. The number of para-hydroxylation sites is 1. The molecule has 0 saturated carbocycles. The van der Waals surface area contributed by atoms with Crippen molar-refractivity contribution in [3.63, 3.8) is 0 Å². The molecule has 0 unspecified atom stereocenters. The van der Waals surface area contributed by atoms with Crippen molar-refractivity contribution >= 4 is 35.3 Å². The second-order valence-electron chi connectivity index (χ2n) is 8.88. The molecule has 6 nitrogen and oxygen atoms in total. The van der Waals surface area contributed by atoms with Crippen LogP contribution in [0.4, 0.5) is 17.1 Å². The van der Waals surface area contributed by atoms with Crippen LogP contribution in [-0.2, 0) is 14.4 Å². The minimum absolute atomic E-state index is 0.388. The lowest BCUT2D eigenvalue weighted by Crippen LogP contribution is -2.05. The van der Waals surface area contributed by atoms with Gasteiger partial charge >= 0.3 is 0 Å². The van der Waals surface area contributed by atoms with Crippen molar-refractivity contribution in [3.05, 3.63) is 138 Å². The normalized spacial score (nSPS) is 10.9. The van der Waals surface area contributed by atoms with Gasteiger partial charge in [-0.1, -0.05) is 103 Å². The Kier molecular flexibility index (Phi) is 7.88. The Morgan fingerprint density at radius 3 is 1.27 bits per heavy atom. The van der Waals surface area contributed by atoms with E-state index in [1.807, 2.05) is 109 Å². The molecule has 0 atom stereocenters. The van der Waals surface area contributed by atoms with E-state index in [0.717, 1.165) is 22.3 Å². The lowest BCUT2D eigenvalue weighted by Gasteiger charge is -2.23. The smallest absolute Gasteiger partial charge is 0.211 e. The highest BCUT2D eigenvalue weighted by molar-refractivity contribution is 5.76. The Bertz CT molecular complexity index is 1710. The SMILES string of the molecule is O=C=Nc1ccccc1C(c1ccc(-c2ccccc2)cc1N=C=O)c1ccc(-c2ccccc2)cc1N=C=O. The summed E-state index contributed by atoms with van der Waals surface area (Å²) in [5.74, 6) is -0.609. The molecule has 5 rings (SSSR count). The van der Waals surface area contributed by atoms with E-state index in [9.17, 15) is 14.4 Å². The van der Waals surface area contributed by atoms with E-state index in [1.54, 1.807) is 30.4 Å². The van der Waals surface area contributed by atoms with E-state index < -0.39 is 5.92 Å². The molecule has 0 aliphatic rings. The van der Waals surface area contributed by atoms with E-state index in [-0.39, 0.29) is 0 Å². The first-order valence-electron chi connectivity index (χ1n) is 12.4. The number of benzene rings is 5. The Morgan fingerprint density at radius 1 is 0.400 bits per heavy atom. The fraction of sp³-hybridized carbons (Fsp3) is 0.0294. The molecule has 40 heavy (non-hydrogen) atoms. The summed E-state index contributed by atoms with van der Waals surface area (Å²) in [5.41, 5.74) is 6.74. The van der Waals surface area contributed by atoms with Crippen LogP contribution < -0.4 is 0 Å². The van der Waals surface area contributed by atoms with Gasteiger partial charge in [0.1, 0.15) is 0 Å². The number of carbonyl (C=O) groups excluding carboxylic acids is 3. The van der Waals surface area contributed by atoms with Crippen molar-refractivity contribution in [2.24, 2.45) is 15.0 Å². The summed E-state index contributed by atoms with van der Waals surface area (Å²) in [5, 5.41) is 0. The van der Waals surface area contributed by atoms with Crippen LogP contribution in [0.5, 0.6) is 0 Å². The molecule has 0 spiro atoms. The molecule has 0 bridgehead atoms. The lowest BCUT2D eigenvalue weighted by atomic mass is 9.81. The fourth-order valence-corrected chi connectivity index (χ4v) is 4.87. The highest BCUT2D eigenvalue weighted by Gasteiger charge is 2.26. The van der Waals surface area contributed by atoms with Gasteiger partial charge in [-0.25, -0.2) is 14.4 Å². The van der Waals surface area contributed by atoms with Crippen LogP contribution in [0.15, 0.2) is 136 Å². The van der Waals surface area contributed by atoms with Gasteiger partial charge < -0.3 is 0 Å². The number of isocyanates is 3. The number of hydrogen-bond donors (Lipinski definition) is 0. The van der Waals surface area contributed by atoms with Gasteiger partial charge in [-0.2, -0.15) is 15.0 Å². The van der Waals surface area contributed by atoms with E-state index in [2.05, 4.69) is 15.0 Å². The molecular weight excluding hydrogens is 498 g/mol. The van der Waals surface area contributed by atoms with E-state index in [4.69, 9.17) is 0 Å². The molecule has 5 aromatic carbocycles. The predicted molar refractivity (Wildman–Crippen MR) is 154 cm³/mol. The van der Waals surface area contributed by atoms with E-state index in [1.165, 1.54) is 0 Å². The van der Waals surface area contributed by atoms with Crippen LogP contribution in [0, 0.1) is 0 Å². The average Bonchev–Trinajstić information content (AvgIpc) is 3.01. The summed E-state index contributed by atoms with van der Waals surface area (Å²) in [6.45, 7) is 0. The topological polar surface area (TPSA) is 88.3 Å². The van der Waals surface area contributed by atoms with Crippen molar-refractivity contribution in [1.82, 2.24) is 0 Å². The molecule has 0 aromatic heterocycles. The summed E-state index contributed by atoms with van der Waals surface area (Å²) in [6.07, 6.45) is 4.98. The van der Waals surface area contributed by atoms with Crippen molar-refractivity contribution in [1.29, 1.82) is 0 Å². The molecule has 0 aliphatic heterocycles. The molecule has 0 N–H and O–H groups in total. The van der Waals surface area contributed by atoms with Crippen LogP contribution >= 0.6 is 0 Å². The van der Waals surface area contributed by atoms with Crippen molar-refractivity contribution in [2.45, 2.75) is 5.92 Å². The third kappa shape index (κ3) is 5.41. The number of nitrogens with zero attached hydrogens (tertiary/aromatic N) is 3. The fourth-order valence-electron chi connectivity index (χ4n) is 4.87. The van der Waals surface area contributed by atoms with Crippen LogP contribution in [0.2, 0.25) is 0 Å². The van der Waals surface area contributed by atoms with Crippen LogP contribution in [0.3, 0.4) is 0 Å². The third-order valence-corrected chi connectivity index (χ3v) is 6.64. The van der Waals surface area contributed by atoms with Gasteiger partial charge in [0.25, 0.3) is 0 Å². The lowest BCUT2D eigenvalue weighted by molar-refractivity contribution is 0.564. The quantitative estimate of drug-likeness (QED) is 0.118. The largest absolute Gasteiger partial charge is 0.240 e. The minimum atomic E-state index is -0.609. The zero-order valence-corrected chi connectivity index (χ0v) is 21.2. The summed E-state index contributed by atoms with van der Waals surface area (Å²) >= 11 is 0. The number of aliphatic imine (C=N–C) groups is 3. The number of rotatable bonds is 8. The molecule has 0 heterocycles. The second-order valence-corrected chi connectivity index (χ2v) is 8.88. The van der Waals surface area contributed by atoms with Crippen molar-refractivity contribution in [3.8, 4) is 22.3 Å². The molecular formula is C34H21N3O3. The van der Waals surface area contributed by atoms with E-state index in [0.29, 0.717) is 33.8 Å². The average molecular weight is 520 g/mol. The highest BCUT2D eigenvalue weighted by Crippen LogP contribution is 2.45. The van der Waals surface area contributed by atoms with Gasteiger partial charge in [-0.15, -0.1) is 0 Å². The molecule has 6 heteroatoms. The van der Waals surface area contributed by atoms with Gasteiger partial charge in [0, 0.05) is 5.92 Å². The Hall–Kier alpha value is -5.76. The summed E-state index contributed by atoms with van der Waals surface area (Å²) in [6, 6.07) is 37.8. The van der Waals surface area contributed by atoms with Gasteiger partial charge in [-0.05, 0) is 57.1 Å². The zero-order chi connectivity index (χ0) is 27.7. The van der Waals surface area contributed by atoms with Gasteiger partial charge in [0.05, 0.1) is 17.1 Å². The third-order valence-electron chi connectivity index (χ3n) is 6.64. The van der Waals surface area contributed by atoms with E-state index >= 15 is 0 Å². The second kappa shape index (κ2) is 12.2. The number of hydrogen-bond acceptors (Lipinski definition) is 6. The summed E-state index contributed by atoms with van der Waals surface area (Å²) in [7, 11) is 0. The standard InChI is InChI=1S/C34H21N3O3/c38-21-35-31-14-8-7-13-28(31)34(29-17-15-26(19-32(29)36-22-39)24-9-3-1-4-10-24)30-18-16-27(20-33(30)37-23-40)25-11-5-2-6-12-25/h1-20,34H. The molecule has 0 amide bonds. The summed E-state index contributed by atoms with van der Waals surface area (Å²) in [4.78, 5) is 46.5. The van der Waals surface area contributed by atoms with Crippen LogP contribution in [0.1, 0.15) is 22.6 Å². The predicted octanol–water partition coefficient (Wildman–Crippen LogP) is 8.10. The maximum atomic E-state index is 11.6. The van der Waals surface area contributed by atoms with Crippen molar-refractivity contribution < 1.29 is 14.4 Å². The molecule has 0 saturated heterocycles. The molecule has 0 aliphatic carbocycles. The monoisotopic (exact) mass is 519 g/mol. The first-order chi connectivity index (χ1) is 19.7. The van der Waals surface area contributed by atoms with Crippen molar-refractivity contribution in [2.75, 3.05) is 0 Å². The van der Waals surface area contributed by atoms with Crippen LogP contribution in [0.25, 0.3) is 22.3 Å². The van der Waals surface area contributed by atoms with Gasteiger partial charge in [-0.3, -0.25) is 0 Å². The first kappa shape index (κ1) is 25.9. The maximum absolute atomic E-state index is 11.6. The van der Waals surface area contributed by atoms with Gasteiger partial charge in [0.15, 0.2) is 0 Å². The van der Waals surface area contributed by atoms with Crippen LogP contribution in [-0.4, -0.2) is 18.2 Å². The highest BCUT2D eigenvalue weighted by atomic mass is 16.1. The molecule has 0 radical (unpaired) electrons. The summed E-state index contributed by atoms with van der Waals surface area (Å²) < 4.78 is 0. The van der Waals surface area contributed by atoms with Gasteiger partial charge in [0.2, 0.25) is 18.2 Å². The molecule has 5 aromatic rings. The molecule has 0 fully saturated rings. The Balaban J connectivity index is 1.79. The first-order valence-corrected chi connectivity index (χ1v) is 12.4. The zero-order valence-electron chi connectivity index (χ0n) is 21.2. The Labute approximate surface area is 230 Å². The molecule has 190 valence electrons. The minimum Gasteiger partial charge on any atom is -0.211 e.